The Labute approximate surface area is 111 Å². The summed E-state index contributed by atoms with van der Waals surface area (Å²) in [6.45, 7) is 1.26. The molecule has 1 aromatic heterocycles. The van der Waals surface area contributed by atoms with Gasteiger partial charge in [0.1, 0.15) is 17.6 Å². The number of aliphatic hydroxyl groups excluding tert-OH is 2. The molecule has 0 unspecified atom stereocenters. The second-order valence-electron chi connectivity index (χ2n) is 4.46. The second kappa shape index (κ2) is 4.61. The quantitative estimate of drug-likeness (QED) is 0.685. The van der Waals surface area contributed by atoms with Crippen molar-refractivity contribution < 1.29 is 14.9 Å². The molecule has 18 heavy (non-hydrogen) atoms. The molecule has 1 aliphatic heterocycles. The third-order valence-corrected chi connectivity index (χ3v) is 3.70. The Morgan fingerprint density at radius 1 is 1.78 bits per heavy atom. The maximum Gasteiger partial charge on any atom is 0.351 e. The highest BCUT2D eigenvalue weighted by molar-refractivity contribution is 9.10. The highest BCUT2D eigenvalue weighted by atomic mass is 79.9. The number of anilines is 1. The van der Waals surface area contributed by atoms with Gasteiger partial charge in [0.2, 0.25) is 0 Å². The summed E-state index contributed by atoms with van der Waals surface area (Å²) in [5.74, 6) is 0.0970. The summed E-state index contributed by atoms with van der Waals surface area (Å²) >= 11 is 3.17. The topological polar surface area (TPSA) is 111 Å². The first-order valence-corrected chi connectivity index (χ1v) is 6.17. The molecular weight excluding hydrogens is 306 g/mol. The molecule has 0 aromatic carbocycles. The molecule has 0 amide bonds. The van der Waals surface area contributed by atoms with E-state index in [0.29, 0.717) is 4.47 Å². The largest absolute Gasteiger partial charge is 0.393 e. The number of nitrogens with two attached hydrogens (primary N) is 1. The highest BCUT2D eigenvalue weighted by Crippen LogP contribution is 2.35. The lowest BCUT2D eigenvalue weighted by Gasteiger charge is -2.25. The Morgan fingerprint density at radius 2 is 2.44 bits per heavy atom. The van der Waals surface area contributed by atoms with E-state index in [2.05, 4.69) is 20.9 Å². The highest BCUT2D eigenvalue weighted by Gasteiger charge is 2.45. The van der Waals surface area contributed by atoms with Gasteiger partial charge >= 0.3 is 5.69 Å². The Bertz CT molecular complexity index is 520. The van der Waals surface area contributed by atoms with Crippen molar-refractivity contribution in [3.8, 4) is 0 Å². The molecule has 7 nitrogen and oxygen atoms in total. The predicted octanol–water partition coefficient (Wildman–Crippen LogP) is -0.381. The molecule has 3 atom stereocenters. The van der Waals surface area contributed by atoms with Gasteiger partial charge in [0, 0.05) is 12.6 Å². The average molecular weight is 320 g/mol. The lowest BCUT2D eigenvalue weighted by molar-refractivity contribution is -0.116. The summed E-state index contributed by atoms with van der Waals surface area (Å²) < 4.78 is 7.24. The average Bonchev–Trinajstić information content (AvgIpc) is 2.61. The van der Waals surface area contributed by atoms with Crippen LogP contribution in [0, 0.1) is 0 Å². The van der Waals surface area contributed by atoms with Gasteiger partial charge in [-0.3, -0.25) is 4.57 Å². The third kappa shape index (κ3) is 2.16. The minimum absolute atomic E-state index is 0.0970. The summed E-state index contributed by atoms with van der Waals surface area (Å²) in [5, 5.41) is 19.0. The lowest BCUT2D eigenvalue weighted by Crippen LogP contribution is -2.39. The van der Waals surface area contributed by atoms with Gasteiger partial charge in [-0.1, -0.05) is 0 Å². The first-order chi connectivity index (χ1) is 8.37. The van der Waals surface area contributed by atoms with E-state index in [1.165, 1.54) is 10.8 Å². The van der Waals surface area contributed by atoms with E-state index in [9.17, 15) is 15.0 Å². The molecule has 1 saturated heterocycles. The van der Waals surface area contributed by atoms with Crippen LogP contribution in [0.25, 0.3) is 0 Å². The summed E-state index contributed by atoms with van der Waals surface area (Å²) in [6, 6.07) is 0. The summed E-state index contributed by atoms with van der Waals surface area (Å²) in [4.78, 5) is 15.3. The van der Waals surface area contributed by atoms with E-state index in [-0.39, 0.29) is 18.8 Å². The molecule has 0 spiro atoms. The van der Waals surface area contributed by atoms with E-state index < -0.39 is 23.6 Å². The number of aromatic nitrogens is 2. The van der Waals surface area contributed by atoms with E-state index in [4.69, 9.17) is 10.5 Å². The molecule has 1 fully saturated rings. The van der Waals surface area contributed by atoms with Crippen molar-refractivity contribution in [2.24, 2.45) is 0 Å². The van der Waals surface area contributed by atoms with E-state index in [1.807, 2.05) is 0 Å². The van der Waals surface area contributed by atoms with Gasteiger partial charge in [-0.2, -0.15) is 4.98 Å². The van der Waals surface area contributed by atoms with E-state index in [1.54, 1.807) is 6.92 Å². The molecule has 0 bridgehead atoms. The Kier molecular flexibility index (Phi) is 3.45. The van der Waals surface area contributed by atoms with E-state index >= 15 is 0 Å². The van der Waals surface area contributed by atoms with Crippen LogP contribution in [0.5, 0.6) is 0 Å². The SMILES string of the molecule is C[C@]1(CO)O[C@@H](n2cc(Br)c(N)nc2=O)C[C@@H]1O. The Hall–Kier alpha value is -0.960. The number of hydrogen-bond donors (Lipinski definition) is 3. The minimum atomic E-state index is -1.07. The van der Waals surface area contributed by atoms with Gasteiger partial charge in [-0.15, -0.1) is 0 Å². The predicted molar refractivity (Wildman–Crippen MR) is 66.8 cm³/mol. The van der Waals surface area contributed by atoms with Crippen LogP contribution < -0.4 is 11.4 Å². The molecule has 8 heteroatoms. The van der Waals surface area contributed by atoms with Crippen LogP contribution in [0.4, 0.5) is 5.82 Å². The molecule has 0 radical (unpaired) electrons. The number of nitrogen functional groups attached to an aromatic ring is 1. The molecular formula is C10H14BrN3O4. The van der Waals surface area contributed by atoms with Crippen molar-refractivity contribution in [2.75, 3.05) is 12.3 Å². The number of hydrogen-bond acceptors (Lipinski definition) is 6. The van der Waals surface area contributed by atoms with Gasteiger partial charge in [0.15, 0.2) is 0 Å². The number of ether oxygens (including phenoxy) is 1. The fourth-order valence-corrected chi connectivity index (χ4v) is 2.16. The van der Waals surface area contributed by atoms with Crippen LogP contribution in [0.15, 0.2) is 15.5 Å². The first-order valence-electron chi connectivity index (χ1n) is 5.38. The number of halogens is 1. The van der Waals surface area contributed by atoms with Crippen molar-refractivity contribution in [3.63, 3.8) is 0 Å². The normalized spacial score (nSPS) is 31.8. The molecule has 1 aliphatic rings. The van der Waals surface area contributed by atoms with Gasteiger partial charge in [-0.25, -0.2) is 4.79 Å². The van der Waals surface area contributed by atoms with Gasteiger partial charge in [0.25, 0.3) is 0 Å². The van der Waals surface area contributed by atoms with Gasteiger partial charge in [-0.05, 0) is 22.9 Å². The molecule has 0 aliphatic carbocycles. The third-order valence-electron chi connectivity index (χ3n) is 3.09. The lowest BCUT2D eigenvalue weighted by atomic mass is 10.0. The summed E-state index contributed by atoms with van der Waals surface area (Å²) in [7, 11) is 0. The zero-order valence-corrected chi connectivity index (χ0v) is 11.3. The van der Waals surface area contributed by atoms with Crippen LogP contribution >= 0.6 is 15.9 Å². The number of rotatable bonds is 2. The minimum Gasteiger partial charge on any atom is -0.393 e. The van der Waals surface area contributed by atoms with Crippen molar-refractivity contribution in [1.29, 1.82) is 0 Å². The Morgan fingerprint density at radius 3 is 3.00 bits per heavy atom. The van der Waals surface area contributed by atoms with Crippen molar-refractivity contribution >= 4 is 21.7 Å². The monoisotopic (exact) mass is 319 g/mol. The first kappa shape index (κ1) is 13.5. The van der Waals surface area contributed by atoms with Crippen LogP contribution in [0.3, 0.4) is 0 Å². The number of nitrogens with zero attached hydrogens (tertiary/aromatic N) is 2. The molecule has 100 valence electrons. The van der Waals surface area contributed by atoms with Crippen molar-refractivity contribution in [2.45, 2.75) is 31.3 Å². The van der Waals surface area contributed by atoms with Crippen molar-refractivity contribution in [1.82, 2.24) is 9.55 Å². The fourth-order valence-electron chi connectivity index (χ4n) is 1.85. The smallest absolute Gasteiger partial charge is 0.351 e. The van der Waals surface area contributed by atoms with Gasteiger partial charge < -0.3 is 20.7 Å². The maximum atomic E-state index is 11.7. The molecule has 0 saturated carbocycles. The summed E-state index contributed by atoms with van der Waals surface area (Å²) in [5.41, 5.74) is 3.86. The van der Waals surface area contributed by atoms with Crippen LogP contribution in [0.2, 0.25) is 0 Å². The van der Waals surface area contributed by atoms with Gasteiger partial charge in [0.05, 0.1) is 17.2 Å². The number of aliphatic hydroxyl groups is 2. The second-order valence-corrected chi connectivity index (χ2v) is 5.31. The Balaban J connectivity index is 2.35. The molecule has 4 N–H and O–H groups in total. The molecule has 1 aromatic rings. The molecule has 2 heterocycles. The summed E-state index contributed by atoms with van der Waals surface area (Å²) in [6.07, 6.45) is 0.143. The van der Waals surface area contributed by atoms with Crippen LogP contribution in [-0.4, -0.2) is 38.1 Å². The fraction of sp³-hybridized carbons (Fsp3) is 0.600. The molecule has 2 rings (SSSR count). The standard InChI is InChI=1S/C10H14BrN3O4/c1-10(4-15)6(16)2-7(18-10)14-3-5(11)8(12)13-9(14)17/h3,6-7,15-16H,2,4H2,1H3,(H2,12,13,17)/t6-,7+,10+/m0/s1. The zero-order chi connectivity index (χ0) is 13.5. The van der Waals surface area contributed by atoms with Crippen LogP contribution in [0.1, 0.15) is 19.6 Å². The maximum absolute atomic E-state index is 11.7. The van der Waals surface area contributed by atoms with Crippen LogP contribution in [-0.2, 0) is 4.74 Å². The van der Waals surface area contributed by atoms with E-state index in [0.717, 1.165) is 0 Å². The van der Waals surface area contributed by atoms with Crippen molar-refractivity contribution in [3.05, 3.63) is 21.2 Å². The zero-order valence-electron chi connectivity index (χ0n) is 9.71.